The summed E-state index contributed by atoms with van der Waals surface area (Å²) in [6, 6.07) is 2.71. The van der Waals surface area contributed by atoms with Crippen molar-refractivity contribution < 1.29 is 31.2 Å². The Morgan fingerprint density at radius 1 is 1.23 bits per heavy atom. The molecule has 1 atom stereocenters. The Morgan fingerprint density at radius 3 is 2.27 bits per heavy atom. The molecule has 0 saturated heterocycles. The second-order valence-electron chi connectivity index (χ2n) is 4.41. The standard InChI is InChI=1S/C13H17F4NO3S/c1-20-9-6-11(10(21-2)5-8(9)3-4-18)22(19)7-13(16,17)12(14)15/h5-6,12H,3-4,7,18H2,1-2H3. The molecule has 1 aromatic rings. The van der Waals surface area contributed by atoms with Gasteiger partial charge in [0.15, 0.2) is 0 Å². The molecule has 126 valence electrons. The number of nitrogens with two attached hydrogens (primary N) is 1. The molecule has 9 heteroatoms. The molecule has 0 saturated carbocycles. The number of hydrogen-bond donors (Lipinski definition) is 1. The third-order valence-electron chi connectivity index (χ3n) is 2.87. The van der Waals surface area contributed by atoms with Gasteiger partial charge >= 0.3 is 12.3 Å². The van der Waals surface area contributed by atoms with Crippen molar-refractivity contribution >= 4 is 10.8 Å². The molecule has 1 rings (SSSR count). The average Bonchev–Trinajstić information content (AvgIpc) is 2.46. The third-order valence-corrected chi connectivity index (χ3v) is 4.33. The van der Waals surface area contributed by atoms with Gasteiger partial charge in [0.1, 0.15) is 11.5 Å². The van der Waals surface area contributed by atoms with Gasteiger partial charge < -0.3 is 15.2 Å². The summed E-state index contributed by atoms with van der Waals surface area (Å²) in [5.41, 5.74) is 6.09. The number of hydrogen-bond acceptors (Lipinski definition) is 4. The molecule has 0 aliphatic rings. The lowest BCUT2D eigenvalue weighted by atomic mass is 10.1. The molecule has 22 heavy (non-hydrogen) atoms. The lowest BCUT2D eigenvalue weighted by molar-refractivity contribution is -0.110. The Kier molecular flexibility index (Phi) is 6.61. The van der Waals surface area contributed by atoms with Crippen LogP contribution in [-0.2, 0) is 17.2 Å². The van der Waals surface area contributed by atoms with Gasteiger partial charge in [-0.3, -0.25) is 4.21 Å². The van der Waals surface area contributed by atoms with Crippen LogP contribution < -0.4 is 15.2 Å². The molecule has 0 bridgehead atoms. The Hall–Kier alpha value is -1.35. The molecule has 0 aliphatic heterocycles. The van der Waals surface area contributed by atoms with Crippen LogP contribution in [-0.4, -0.2) is 43.1 Å². The van der Waals surface area contributed by atoms with Crippen molar-refractivity contribution in [2.45, 2.75) is 23.7 Å². The monoisotopic (exact) mass is 343 g/mol. The summed E-state index contributed by atoms with van der Waals surface area (Å²) < 4.78 is 72.7. The van der Waals surface area contributed by atoms with Crippen molar-refractivity contribution in [1.29, 1.82) is 0 Å². The highest BCUT2D eigenvalue weighted by Gasteiger charge is 2.43. The lowest BCUT2D eigenvalue weighted by Gasteiger charge is -2.17. The van der Waals surface area contributed by atoms with Crippen LogP contribution >= 0.6 is 0 Å². The molecule has 0 heterocycles. The number of halogens is 4. The largest absolute Gasteiger partial charge is 0.496 e. The zero-order valence-electron chi connectivity index (χ0n) is 12.1. The van der Waals surface area contributed by atoms with E-state index in [2.05, 4.69) is 0 Å². The predicted molar refractivity (Wildman–Crippen MR) is 74.5 cm³/mol. The molecule has 2 N–H and O–H groups in total. The van der Waals surface area contributed by atoms with Gasteiger partial charge in [-0.05, 0) is 24.6 Å². The Balaban J connectivity index is 3.20. The number of ether oxygens (including phenoxy) is 2. The lowest BCUT2D eigenvalue weighted by Crippen LogP contribution is -2.33. The molecule has 0 radical (unpaired) electrons. The van der Waals surface area contributed by atoms with Gasteiger partial charge in [0.2, 0.25) is 0 Å². The fraction of sp³-hybridized carbons (Fsp3) is 0.538. The molecular weight excluding hydrogens is 326 g/mol. The van der Waals surface area contributed by atoms with E-state index in [1.807, 2.05) is 0 Å². The Labute approximate surface area is 128 Å². The maximum Gasteiger partial charge on any atom is 0.319 e. The minimum atomic E-state index is -4.35. The fourth-order valence-corrected chi connectivity index (χ4v) is 3.01. The minimum Gasteiger partial charge on any atom is -0.496 e. The third kappa shape index (κ3) is 4.33. The number of benzene rings is 1. The van der Waals surface area contributed by atoms with Crippen LogP contribution in [0.5, 0.6) is 11.5 Å². The highest BCUT2D eigenvalue weighted by atomic mass is 32.2. The number of alkyl halides is 4. The summed E-state index contributed by atoms with van der Waals surface area (Å²) in [7, 11) is 0.238. The molecule has 0 spiro atoms. The summed E-state index contributed by atoms with van der Waals surface area (Å²) in [6.45, 7) is 0.311. The summed E-state index contributed by atoms with van der Waals surface area (Å²) in [6.07, 6.45) is -3.46. The van der Waals surface area contributed by atoms with Crippen molar-refractivity contribution in [3.8, 4) is 11.5 Å². The van der Waals surface area contributed by atoms with E-state index in [1.54, 1.807) is 0 Å². The second kappa shape index (κ2) is 7.77. The normalized spacial score (nSPS) is 13.3. The van der Waals surface area contributed by atoms with Crippen LogP contribution in [0.2, 0.25) is 0 Å². The quantitative estimate of drug-likeness (QED) is 0.735. The first kappa shape index (κ1) is 18.7. The maximum absolute atomic E-state index is 13.1. The van der Waals surface area contributed by atoms with E-state index in [0.717, 1.165) is 0 Å². The zero-order valence-corrected chi connectivity index (χ0v) is 12.9. The maximum atomic E-state index is 13.1. The van der Waals surface area contributed by atoms with Crippen LogP contribution in [0.15, 0.2) is 17.0 Å². The Morgan fingerprint density at radius 2 is 1.82 bits per heavy atom. The van der Waals surface area contributed by atoms with Crippen molar-refractivity contribution in [2.75, 3.05) is 26.5 Å². The summed E-state index contributed by atoms with van der Waals surface area (Å²) in [5, 5.41) is 0. The first-order valence-corrected chi connectivity index (χ1v) is 7.58. The summed E-state index contributed by atoms with van der Waals surface area (Å²) >= 11 is 0. The van der Waals surface area contributed by atoms with Gasteiger partial charge in [0.25, 0.3) is 0 Å². The van der Waals surface area contributed by atoms with Crippen LogP contribution in [0.1, 0.15) is 5.56 Å². The SMILES string of the molecule is COc1cc(S(=O)CC(F)(F)C(F)F)c(OC)cc1CCN. The number of rotatable bonds is 8. The van der Waals surface area contributed by atoms with Gasteiger partial charge in [-0.25, -0.2) is 8.78 Å². The van der Waals surface area contributed by atoms with E-state index in [4.69, 9.17) is 15.2 Å². The molecule has 1 aromatic carbocycles. The first-order valence-electron chi connectivity index (χ1n) is 6.26. The minimum absolute atomic E-state index is 0.0626. The highest BCUT2D eigenvalue weighted by Crippen LogP contribution is 2.34. The molecule has 0 fully saturated rings. The highest BCUT2D eigenvalue weighted by molar-refractivity contribution is 7.85. The van der Waals surface area contributed by atoms with Crippen LogP contribution in [0.25, 0.3) is 0 Å². The molecule has 4 nitrogen and oxygen atoms in total. The molecule has 0 aromatic heterocycles. The zero-order chi connectivity index (χ0) is 16.9. The van der Waals surface area contributed by atoms with Crippen LogP contribution in [0.3, 0.4) is 0 Å². The second-order valence-corrected chi connectivity index (χ2v) is 5.82. The number of methoxy groups -OCH3 is 2. The van der Waals surface area contributed by atoms with E-state index in [0.29, 0.717) is 18.5 Å². The van der Waals surface area contributed by atoms with Crippen molar-refractivity contribution in [3.05, 3.63) is 17.7 Å². The average molecular weight is 343 g/mol. The Bertz CT molecular complexity index is 540. The van der Waals surface area contributed by atoms with E-state index < -0.39 is 28.9 Å². The summed E-state index contributed by atoms with van der Waals surface area (Å²) in [4.78, 5) is -0.125. The van der Waals surface area contributed by atoms with Crippen molar-refractivity contribution in [2.24, 2.45) is 5.73 Å². The van der Waals surface area contributed by atoms with Crippen LogP contribution in [0, 0.1) is 0 Å². The van der Waals surface area contributed by atoms with E-state index >= 15 is 0 Å². The van der Waals surface area contributed by atoms with Gasteiger partial charge in [-0.1, -0.05) is 0 Å². The van der Waals surface area contributed by atoms with Gasteiger partial charge in [0.05, 0.1) is 35.7 Å². The van der Waals surface area contributed by atoms with E-state index in [9.17, 15) is 21.8 Å². The fourth-order valence-electron chi connectivity index (χ4n) is 1.78. The molecular formula is C13H17F4NO3S. The van der Waals surface area contributed by atoms with E-state index in [1.165, 1.54) is 26.4 Å². The van der Waals surface area contributed by atoms with Gasteiger partial charge in [-0.15, -0.1) is 0 Å². The van der Waals surface area contributed by atoms with Gasteiger partial charge in [0, 0.05) is 6.07 Å². The van der Waals surface area contributed by atoms with Crippen molar-refractivity contribution in [3.63, 3.8) is 0 Å². The predicted octanol–water partition coefficient (Wildman–Crippen LogP) is 2.21. The molecule has 0 amide bonds. The van der Waals surface area contributed by atoms with Crippen molar-refractivity contribution in [1.82, 2.24) is 0 Å². The van der Waals surface area contributed by atoms with Gasteiger partial charge in [-0.2, -0.15) is 8.78 Å². The summed E-state index contributed by atoms with van der Waals surface area (Å²) in [5.74, 6) is -5.50. The van der Waals surface area contributed by atoms with Crippen LogP contribution in [0.4, 0.5) is 17.6 Å². The molecule has 0 aliphatic carbocycles. The molecule has 1 unspecified atom stereocenters. The first-order chi connectivity index (χ1) is 10.3. The topological polar surface area (TPSA) is 61.5 Å². The van der Waals surface area contributed by atoms with E-state index in [-0.39, 0.29) is 16.4 Å². The smallest absolute Gasteiger partial charge is 0.319 e.